The van der Waals surface area contributed by atoms with Crippen molar-refractivity contribution in [2.75, 3.05) is 19.8 Å². The zero-order valence-electron chi connectivity index (χ0n) is 9.63. The van der Waals surface area contributed by atoms with Crippen molar-refractivity contribution in [1.29, 1.82) is 0 Å². The van der Waals surface area contributed by atoms with Crippen molar-refractivity contribution in [3.05, 3.63) is 11.7 Å². The molecule has 2 aliphatic rings. The van der Waals surface area contributed by atoms with E-state index in [1.165, 1.54) is 0 Å². The number of hydrogen-bond donors (Lipinski definition) is 2. The van der Waals surface area contributed by atoms with E-state index in [1.807, 2.05) is 0 Å². The summed E-state index contributed by atoms with van der Waals surface area (Å²) in [6.07, 6.45) is 2.23. The Balaban J connectivity index is 1.61. The number of nitrogens with zero attached hydrogens (tertiary/aromatic N) is 2. The van der Waals surface area contributed by atoms with Crippen LogP contribution >= 0.6 is 0 Å². The van der Waals surface area contributed by atoms with Crippen molar-refractivity contribution in [2.24, 2.45) is 5.92 Å². The Hall–Kier alpha value is -0.980. The van der Waals surface area contributed by atoms with Crippen LogP contribution in [-0.4, -0.2) is 41.1 Å². The minimum Gasteiger partial charge on any atom is -0.392 e. The van der Waals surface area contributed by atoms with Gasteiger partial charge < -0.3 is 19.7 Å². The second-order valence-electron chi connectivity index (χ2n) is 4.83. The maximum absolute atomic E-state index is 9.43. The molecule has 6 nitrogen and oxygen atoms in total. The van der Waals surface area contributed by atoms with Crippen LogP contribution in [-0.2, 0) is 11.2 Å². The molecular formula is C11H17N3O3. The van der Waals surface area contributed by atoms with Crippen LogP contribution in [0.1, 0.15) is 30.6 Å². The molecule has 1 unspecified atom stereocenters. The highest BCUT2D eigenvalue weighted by atomic mass is 16.5. The molecule has 6 heteroatoms. The van der Waals surface area contributed by atoms with Crippen LogP contribution in [0.25, 0.3) is 0 Å². The van der Waals surface area contributed by atoms with Crippen molar-refractivity contribution in [3.63, 3.8) is 0 Å². The molecule has 0 radical (unpaired) electrons. The normalized spacial score (nSPS) is 33.4. The highest BCUT2D eigenvalue weighted by Crippen LogP contribution is 2.23. The number of ether oxygens (including phenoxy) is 1. The summed E-state index contributed by atoms with van der Waals surface area (Å²) in [5.74, 6) is 1.86. The van der Waals surface area contributed by atoms with E-state index >= 15 is 0 Å². The fraction of sp³-hybridized carbons (Fsp3) is 0.818. The second-order valence-corrected chi connectivity index (χ2v) is 4.83. The molecule has 0 aliphatic carbocycles. The van der Waals surface area contributed by atoms with Gasteiger partial charge in [-0.2, -0.15) is 4.98 Å². The first-order chi connectivity index (χ1) is 8.31. The van der Waals surface area contributed by atoms with Crippen LogP contribution in [0.5, 0.6) is 0 Å². The molecule has 0 amide bonds. The van der Waals surface area contributed by atoms with Gasteiger partial charge in [0.1, 0.15) is 0 Å². The molecule has 3 atom stereocenters. The van der Waals surface area contributed by atoms with Gasteiger partial charge in [0, 0.05) is 26.2 Å². The molecule has 0 spiro atoms. The lowest BCUT2D eigenvalue weighted by Gasteiger charge is -2.02. The lowest BCUT2D eigenvalue weighted by atomic mass is 10.1. The molecule has 1 aromatic heterocycles. The Morgan fingerprint density at radius 3 is 3.12 bits per heavy atom. The van der Waals surface area contributed by atoms with Gasteiger partial charge in [-0.05, 0) is 18.8 Å². The number of aromatic nitrogens is 2. The third kappa shape index (κ3) is 2.48. The summed E-state index contributed by atoms with van der Waals surface area (Å²) >= 11 is 0. The number of nitrogens with one attached hydrogen (secondary N) is 1. The fourth-order valence-corrected chi connectivity index (χ4v) is 2.40. The van der Waals surface area contributed by atoms with E-state index < -0.39 is 0 Å². The lowest BCUT2D eigenvalue weighted by molar-refractivity contribution is 0.185. The predicted molar refractivity (Wildman–Crippen MR) is 58.3 cm³/mol. The highest BCUT2D eigenvalue weighted by Gasteiger charge is 2.28. The number of aliphatic hydroxyl groups is 1. The summed E-state index contributed by atoms with van der Waals surface area (Å²) in [7, 11) is 0. The van der Waals surface area contributed by atoms with Gasteiger partial charge in [0.15, 0.2) is 5.82 Å². The molecule has 2 N–H and O–H groups in total. The maximum Gasteiger partial charge on any atom is 0.243 e. The molecule has 1 aromatic rings. The van der Waals surface area contributed by atoms with Crippen LogP contribution in [0.4, 0.5) is 0 Å². The van der Waals surface area contributed by atoms with Crippen LogP contribution in [0.15, 0.2) is 4.52 Å². The lowest BCUT2D eigenvalue weighted by Crippen LogP contribution is -2.15. The maximum atomic E-state index is 9.43. The van der Waals surface area contributed by atoms with Crippen molar-refractivity contribution in [1.82, 2.24) is 15.5 Å². The molecule has 3 heterocycles. The van der Waals surface area contributed by atoms with E-state index in [2.05, 4.69) is 15.5 Å². The van der Waals surface area contributed by atoms with E-state index in [0.29, 0.717) is 24.8 Å². The van der Waals surface area contributed by atoms with E-state index in [9.17, 15) is 5.11 Å². The zero-order chi connectivity index (χ0) is 11.7. The van der Waals surface area contributed by atoms with Crippen LogP contribution < -0.4 is 5.32 Å². The summed E-state index contributed by atoms with van der Waals surface area (Å²) in [4.78, 5) is 4.38. The number of hydrogen-bond acceptors (Lipinski definition) is 6. The number of rotatable bonds is 3. The van der Waals surface area contributed by atoms with E-state index in [-0.39, 0.29) is 12.1 Å². The Morgan fingerprint density at radius 1 is 1.47 bits per heavy atom. The summed E-state index contributed by atoms with van der Waals surface area (Å²) in [5.41, 5.74) is 0. The quantitative estimate of drug-likeness (QED) is 0.775. The smallest absolute Gasteiger partial charge is 0.243 e. The standard InChI is InChI=1S/C11H17N3O3/c15-8-4-9(12-5-8)11-13-10(14-17-11)3-7-1-2-16-6-7/h7-9,12,15H,1-6H2/t7?,8-,9+/m1/s1. The molecule has 0 aromatic carbocycles. The average molecular weight is 239 g/mol. The molecule has 3 rings (SSSR count). The van der Waals surface area contributed by atoms with Gasteiger partial charge in [-0.3, -0.25) is 0 Å². The van der Waals surface area contributed by atoms with Gasteiger partial charge >= 0.3 is 0 Å². The fourth-order valence-electron chi connectivity index (χ4n) is 2.40. The minimum atomic E-state index is -0.307. The molecule has 2 aliphatic heterocycles. The first kappa shape index (κ1) is 11.1. The Labute approximate surface area is 99.3 Å². The van der Waals surface area contributed by atoms with E-state index in [1.54, 1.807) is 0 Å². The topological polar surface area (TPSA) is 80.4 Å². The summed E-state index contributed by atoms with van der Waals surface area (Å²) < 4.78 is 10.6. The first-order valence-corrected chi connectivity index (χ1v) is 6.13. The largest absolute Gasteiger partial charge is 0.392 e. The van der Waals surface area contributed by atoms with Gasteiger partial charge in [0.25, 0.3) is 0 Å². The SMILES string of the molecule is O[C@H]1CN[C@H](c2nc(CC3CCOC3)no2)C1. The minimum absolute atomic E-state index is 0.00563. The number of aliphatic hydroxyl groups excluding tert-OH is 1. The third-order valence-corrected chi connectivity index (χ3v) is 3.38. The monoisotopic (exact) mass is 239 g/mol. The molecule has 2 saturated heterocycles. The molecule has 0 bridgehead atoms. The number of β-amino-alcohol motifs (C(OH)–C–C–N with tert-alkyl or cyclic N) is 1. The zero-order valence-corrected chi connectivity index (χ0v) is 9.63. The predicted octanol–water partition coefficient (Wildman–Crippen LogP) is 0.0439. The van der Waals surface area contributed by atoms with Crippen molar-refractivity contribution in [2.45, 2.75) is 31.4 Å². The van der Waals surface area contributed by atoms with E-state index in [0.717, 1.165) is 31.9 Å². The van der Waals surface area contributed by atoms with Crippen molar-refractivity contribution >= 4 is 0 Å². The van der Waals surface area contributed by atoms with Gasteiger partial charge in [-0.1, -0.05) is 5.16 Å². The summed E-state index contributed by atoms with van der Waals surface area (Å²) in [6, 6.07) is 0.00563. The Morgan fingerprint density at radius 2 is 2.41 bits per heavy atom. The van der Waals surface area contributed by atoms with Gasteiger partial charge in [-0.25, -0.2) is 0 Å². The Bertz CT molecular complexity index is 376. The van der Waals surface area contributed by atoms with Gasteiger partial charge in [0.05, 0.1) is 12.1 Å². The Kier molecular flexibility index (Phi) is 3.09. The molecular weight excluding hydrogens is 222 g/mol. The van der Waals surface area contributed by atoms with Gasteiger partial charge in [-0.15, -0.1) is 0 Å². The molecule has 94 valence electrons. The second kappa shape index (κ2) is 4.72. The summed E-state index contributed by atoms with van der Waals surface area (Å²) in [5, 5.41) is 16.6. The highest BCUT2D eigenvalue weighted by molar-refractivity contribution is 4.98. The van der Waals surface area contributed by atoms with Gasteiger partial charge in [0.2, 0.25) is 5.89 Å². The van der Waals surface area contributed by atoms with E-state index in [4.69, 9.17) is 9.26 Å². The van der Waals surface area contributed by atoms with Crippen molar-refractivity contribution in [3.8, 4) is 0 Å². The third-order valence-electron chi connectivity index (χ3n) is 3.38. The summed E-state index contributed by atoms with van der Waals surface area (Å²) in [6.45, 7) is 2.23. The molecule has 2 fully saturated rings. The van der Waals surface area contributed by atoms with Crippen molar-refractivity contribution < 1.29 is 14.4 Å². The first-order valence-electron chi connectivity index (χ1n) is 6.13. The van der Waals surface area contributed by atoms with Crippen LogP contribution in [0.2, 0.25) is 0 Å². The molecule has 17 heavy (non-hydrogen) atoms. The molecule has 0 saturated carbocycles. The van der Waals surface area contributed by atoms with Crippen LogP contribution in [0, 0.1) is 5.92 Å². The van der Waals surface area contributed by atoms with Crippen LogP contribution in [0.3, 0.4) is 0 Å². The average Bonchev–Trinajstić information content (AvgIpc) is 2.99.